The largest absolute Gasteiger partial charge is 0.404 e. The molecule has 0 amide bonds. The van der Waals surface area contributed by atoms with E-state index in [2.05, 4.69) is 0 Å². The van der Waals surface area contributed by atoms with E-state index < -0.39 is 29.6 Å². The monoisotopic (exact) mass is 331 g/mol. The summed E-state index contributed by atoms with van der Waals surface area (Å²) in [6.07, 6.45) is -7.32. The topological polar surface area (TPSA) is 29.1 Å². The Labute approximate surface area is 123 Å². The van der Waals surface area contributed by atoms with Gasteiger partial charge >= 0.3 is 6.18 Å². The maximum absolute atomic E-state index is 12.6. The second-order valence-electron chi connectivity index (χ2n) is 3.97. The molecule has 0 saturated carbocycles. The molecule has 1 rings (SSSR count). The van der Waals surface area contributed by atoms with E-state index in [9.17, 15) is 26.2 Å². The van der Waals surface area contributed by atoms with Gasteiger partial charge in [0.1, 0.15) is 17.0 Å². The lowest BCUT2D eigenvalue weighted by Gasteiger charge is -2.17. The molecule has 0 aliphatic heterocycles. The van der Waals surface area contributed by atoms with E-state index in [1.54, 1.807) is 0 Å². The molecule has 8 heteroatoms. The smallest absolute Gasteiger partial charge is 0.237 e. The fourth-order valence-electron chi connectivity index (χ4n) is 1.26. The van der Waals surface area contributed by atoms with Gasteiger partial charge in [0.25, 0.3) is 6.43 Å². The lowest BCUT2D eigenvalue weighted by atomic mass is 10.1. The first-order chi connectivity index (χ1) is 9.62. The van der Waals surface area contributed by atoms with E-state index in [-0.39, 0.29) is 10.5 Å². The summed E-state index contributed by atoms with van der Waals surface area (Å²) >= 11 is 0. The van der Waals surface area contributed by atoms with Gasteiger partial charge in [-0.25, -0.2) is 17.7 Å². The number of alkyl halides is 5. The van der Waals surface area contributed by atoms with Crippen molar-refractivity contribution in [2.75, 3.05) is 0 Å². The van der Waals surface area contributed by atoms with Gasteiger partial charge in [-0.1, -0.05) is 19.9 Å². The molecule has 1 aromatic carbocycles. The highest BCUT2D eigenvalue weighted by Gasteiger charge is 2.37. The van der Waals surface area contributed by atoms with Crippen LogP contribution in [0.3, 0.4) is 0 Å². The number of aryl methyl sites for hydroxylation is 1. The summed E-state index contributed by atoms with van der Waals surface area (Å²) in [6, 6.07) is 1.51. The van der Waals surface area contributed by atoms with Crippen LogP contribution < -0.4 is 4.72 Å². The van der Waals surface area contributed by atoms with Crippen molar-refractivity contribution in [2.45, 2.75) is 51.2 Å². The molecule has 0 bridgehead atoms. The molecule has 0 heterocycles. The second-order valence-corrected chi connectivity index (χ2v) is 5.21. The number of hydrogen-bond donors (Lipinski definition) is 1. The Bertz CT molecular complexity index is 476. The normalized spacial score (nSPS) is 14.4. The molecule has 0 radical (unpaired) electrons. The number of halogens is 5. The third-order valence-electron chi connectivity index (χ3n) is 2.47. The van der Waals surface area contributed by atoms with Crippen LogP contribution >= 0.6 is 0 Å². The zero-order valence-corrected chi connectivity index (χ0v) is 12.9. The fraction of sp³-hybridized carbons (Fsp3) is 0.538. The molecular formula is C13H18F5NOS. The van der Waals surface area contributed by atoms with Gasteiger partial charge in [-0.3, -0.25) is 0 Å². The molecule has 122 valence electrons. The molecule has 1 aromatic rings. The molecule has 1 unspecified atom stereocenters. The molecule has 0 saturated heterocycles. The maximum atomic E-state index is 12.6. The van der Waals surface area contributed by atoms with E-state index >= 15 is 0 Å². The van der Waals surface area contributed by atoms with Gasteiger partial charge in [-0.2, -0.15) is 13.2 Å². The summed E-state index contributed by atoms with van der Waals surface area (Å²) in [5.74, 6) is 0. The predicted octanol–water partition coefficient (Wildman–Crippen LogP) is 4.52. The second kappa shape index (κ2) is 8.43. The molecule has 21 heavy (non-hydrogen) atoms. The van der Waals surface area contributed by atoms with Crippen molar-refractivity contribution in [3.8, 4) is 0 Å². The molecule has 0 aromatic heterocycles. The fourth-order valence-corrected chi connectivity index (χ4v) is 2.28. The summed E-state index contributed by atoms with van der Waals surface area (Å²) < 4.78 is 75.6. The van der Waals surface area contributed by atoms with Crippen LogP contribution in [0.4, 0.5) is 22.0 Å². The van der Waals surface area contributed by atoms with Crippen molar-refractivity contribution in [1.82, 2.24) is 4.72 Å². The van der Waals surface area contributed by atoms with Crippen LogP contribution in [-0.4, -0.2) is 16.4 Å². The molecule has 1 N–H and O–H groups in total. The van der Waals surface area contributed by atoms with Crippen molar-refractivity contribution < 1.29 is 26.2 Å². The Kier molecular flexibility index (Phi) is 8.02. The van der Waals surface area contributed by atoms with Gasteiger partial charge in [-0.15, -0.1) is 0 Å². The van der Waals surface area contributed by atoms with Gasteiger partial charge in [0.2, 0.25) is 0 Å². The van der Waals surface area contributed by atoms with Crippen LogP contribution in [-0.2, 0) is 11.0 Å². The Hall–Kier alpha value is -1.02. The van der Waals surface area contributed by atoms with Crippen LogP contribution in [0.5, 0.6) is 0 Å². The van der Waals surface area contributed by atoms with Crippen molar-refractivity contribution in [2.24, 2.45) is 0 Å². The highest BCUT2D eigenvalue weighted by Crippen LogP contribution is 2.25. The molecular weight excluding hydrogens is 313 g/mol. The number of rotatable bonds is 4. The zero-order valence-electron chi connectivity index (χ0n) is 12.1. The van der Waals surface area contributed by atoms with E-state index in [0.717, 1.165) is 13.0 Å². The average molecular weight is 331 g/mol. The summed E-state index contributed by atoms with van der Waals surface area (Å²) in [5, 5.41) is 0. The predicted molar refractivity (Wildman–Crippen MR) is 72.5 cm³/mol. The maximum Gasteiger partial charge on any atom is 0.404 e. The first-order valence-corrected chi connectivity index (χ1v) is 7.41. The Morgan fingerprint density at radius 1 is 1.19 bits per heavy atom. The summed E-state index contributed by atoms with van der Waals surface area (Å²) in [6.45, 7) is 6.25. The van der Waals surface area contributed by atoms with Crippen LogP contribution in [0, 0.1) is 6.92 Å². The van der Waals surface area contributed by atoms with E-state index in [4.69, 9.17) is 0 Å². The van der Waals surface area contributed by atoms with Crippen molar-refractivity contribution in [3.05, 3.63) is 29.3 Å². The summed E-state index contributed by atoms with van der Waals surface area (Å²) in [4.78, 5) is -0.114. The number of hydrogen-bond acceptors (Lipinski definition) is 1. The minimum atomic E-state index is -4.55. The van der Waals surface area contributed by atoms with Crippen LogP contribution in [0.1, 0.15) is 38.3 Å². The SMILES string of the molecule is CC.Cc1ccc(S(=O)N[C@@H](C)C(F)(F)F)cc1C(F)F. The molecule has 0 fully saturated rings. The lowest BCUT2D eigenvalue weighted by molar-refractivity contribution is -0.146. The Balaban J connectivity index is 0.00000191. The van der Waals surface area contributed by atoms with Gasteiger partial charge in [-0.05, 0) is 31.5 Å². The van der Waals surface area contributed by atoms with Crippen LogP contribution in [0.25, 0.3) is 0 Å². The minimum absolute atomic E-state index is 0.114. The van der Waals surface area contributed by atoms with E-state index in [0.29, 0.717) is 5.56 Å². The van der Waals surface area contributed by atoms with Crippen LogP contribution in [0.15, 0.2) is 23.1 Å². The van der Waals surface area contributed by atoms with E-state index in [1.807, 2.05) is 18.6 Å². The zero-order chi connectivity index (χ0) is 16.8. The highest BCUT2D eigenvalue weighted by atomic mass is 32.2. The van der Waals surface area contributed by atoms with Crippen molar-refractivity contribution in [1.29, 1.82) is 0 Å². The van der Waals surface area contributed by atoms with Crippen molar-refractivity contribution in [3.63, 3.8) is 0 Å². The standard InChI is InChI=1S/C11H12F5NOS.C2H6/c1-6-3-4-8(5-9(6)10(12)13)19(18)17-7(2)11(14,15)16;1-2/h3-5,7,10,17H,1-2H3;1-2H3/t7-,19?;/m0./s1. The van der Waals surface area contributed by atoms with Gasteiger partial charge in [0.05, 0.1) is 4.90 Å². The number of nitrogens with one attached hydrogen (secondary N) is 1. The average Bonchev–Trinajstić information content (AvgIpc) is 2.39. The van der Waals surface area contributed by atoms with Gasteiger partial charge < -0.3 is 0 Å². The molecule has 0 aliphatic carbocycles. The number of benzene rings is 1. The minimum Gasteiger partial charge on any atom is -0.237 e. The summed E-state index contributed by atoms with van der Waals surface area (Å²) in [7, 11) is -2.20. The third-order valence-corrected chi connectivity index (χ3v) is 3.72. The first kappa shape index (κ1) is 20.0. The first-order valence-electron chi connectivity index (χ1n) is 6.26. The summed E-state index contributed by atoms with van der Waals surface area (Å²) in [5.41, 5.74) is -0.0491. The molecule has 0 aliphatic rings. The molecule has 0 spiro atoms. The Morgan fingerprint density at radius 2 is 1.71 bits per heavy atom. The van der Waals surface area contributed by atoms with Gasteiger partial charge in [0, 0.05) is 5.56 Å². The van der Waals surface area contributed by atoms with Crippen molar-refractivity contribution >= 4 is 11.0 Å². The van der Waals surface area contributed by atoms with Gasteiger partial charge in [0.15, 0.2) is 0 Å². The Morgan fingerprint density at radius 3 is 2.14 bits per heavy atom. The third kappa shape index (κ3) is 6.09. The molecule has 2 nitrogen and oxygen atoms in total. The highest BCUT2D eigenvalue weighted by molar-refractivity contribution is 7.83. The molecule has 2 atom stereocenters. The lowest BCUT2D eigenvalue weighted by Crippen LogP contribution is -2.40. The van der Waals surface area contributed by atoms with E-state index in [1.165, 1.54) is 19.1 Å². The quantitative estimate of drug-likeness (QED) is 0.808. The van der Waals surface area contributed by atoms with Crippen LogP contribution in [0.2, 0.25) is 0 Å².